The van der Waals surface area contributed by atoms with E-state index < -0.39 is 5.97 Å². The third-order valence-electron chi connectivity index (χ3n) is 3.29. The van der Waals surface area contributed by atoms with E-state index in [4.69, 9.17) is 5.11 Å². The van der Waals surface area contributed by atoms with Gasteiger partial charge >= 0.3 is 5.97 Å². The Hall–Kier alpha value is -2.63. The summed E-state index contributed by atoms with van der Waals surface area (Å²) >= 11 is 0. The number of aliphatic carboxylic acids is 1. The van der Waals surface area contributed by atoms with Gasteiger partial charge < -0.3 is 10.4 Å². The summed E-state index contributed by atoms with van der Waals surface area (Å²) in [6.07, 6.45) is 2.03. The van der Waals surface area contributed by atoms with Crippen LogP contribution in [0.4, 0.5) is 5.69 Å². The van der Waals surface area contributed by atoms with Gasteiger partial charge in [-0.25, -0.2) is 0 Å². The summed E-state index contributed by atoms with van der Waals surface area (Å²) < 4.78 is 1.64. The van der Waals surface area contributed by atoms with Gasteiger partial charge in [0.1, 0.15) is 0 Å². The highest BCUT2D eigenvalue weighted by Gasteiger charge is 2.13. The number of nitrogens with one attached hydrogen (secondary N) is 1. The summed E-state index contributed by atoms with van der Waals surface area (Å²) in [6.45, 7) is 1.82. The average molecular weight is 287 g/mol. The van der Waals surface area contributed by atoms with Gasteiger partial charge in [0.15, 0.2) is 0 Å². The van der Waals surface area contributed by atoms with Crippen LogP contribution in [0.3, 0.4) is 0 Å². The van der Waals surface area contributed by atoms with Gasteiger partial charge in [0, 0.05) is 24.8 Å². The highest BCUT2D eigenvalue weighted by Crippen LogP contribution is 2.15. The third kappa shape index (κ3) is 3.68. The van der Waals surface area contributed by atoms with E-state index in [1.165, 1.54) is 6.20 Å². The Labute approximate surface area is 122 Å². The fourth-order valence-corrected chi connectivity index (χ4v) is 1.98. The SMILES string of the molecule is Cc1c(C(=O)Nc2cccc(CCC(=O)O)c2)cnn1C. The number of hydrogen-bond acceptors (Lipinski definition) is 3. The van der Waals surface area contributed by atoms with Crippen molar-refractivity contribution >= 4 is 17.6 Å². The molecule has 1 amide bonds. The van der Waals surface area contributed by atoms with Crippen LogP contribution in [0.2, 0.25) is 0 Å². The summed E-state index contributed by atoms with van der Waals surface area (Å²) in [7, 11) is 1.78. The van der Waals surface area contributed by atoms with Gasteiger partial charge in [-0.3, -0.25) is 14.3 Å². The number of aromatic nitrogens is 2. The monoisotopic (exact) mass is 287 g/mol. The highest BCUT2D eigenvalue weighted by molar-refractivity contribution is 6.04. The van der Waals surface area contributed by atoms with Gasteiger partial charge in [0.2, 0.25) is 0 Å². The van der Waals surface area contributed by atoms with Crippen LogP contribution in [0.25, 0.3) is 0 Å². The van der Waals surface area contributed by atoms with E-state index in [2.05, 4.69) is 10.4 Å². The molecule has 0 saturated carbocycles. The lowest BCUT2D eigenvalue weighted by Gasteiger charge is -2.07. The van der Waals surface area contributed by atoms with Crippen molar-refractivity contribution in [3.05, 3.63) is 47.3 Å². The second-order valence-electron chi connectivity index (χ2n) is 4.82. The number of benzene rings is 1. The number of hydrogen-bond donors (Lipinski definition) is 2. The summed E-state index contributed by atoms with van der Waals surface area (Å²) in [5, 5.41) is 15.5. The molecule has 1 aromatic heterocycles. The molecular formula is C15H17N3O3. The molecule has 110 valence electrons. The lowest BCUT2D eigenvalue weighted by Crippen LogP contribution is -2.13. The molecule has 1 aromatic carbocycles. The molecule has 0 bridgehead atoms. The van der Waals surface area contributed by atoms with Gasteiger partial charge in [-0.15, -0.1) is 0 Å². The van der Waals surface area contributed by atoms with Crippen LogP contribution in [0, 0.1) is 6.92 Å². The van der Waals surface area contributed by atoms with Gasteiger partial charge in [-0.1, -0.05) is 12.1 Å². The van der Waals surface area contributed by atoms with E-state index in [0.29, 0.717) is 17.7 Å². The molecule has 0 aliphatic heterocycles. The van der Waals surface area contributed by atoms with Crippen molar-refractivity contribution in [3.8, 4) is 0 Å². The maximum atomic E-state index is 12.2. The number of amides is 1. The number of anilines is 1. The molecule has 6 heteroatoms. The fourth-order valence-electron chi connectivity index (χ4n) is 1.98. The quantitative estimate of drug-likeness (QED) is 0.881. The third-order valence-corrected chi connectivity index (χ3v) is 3.29. The van der Waals surface area contributed by atoms with Crippen molar-refractivity contribution in [2.24, 2.45) is 7.05 Å². The Morgan fingerprint density at radius 3 is 2.76 bits per heavy atom. The highest BCUT2D eigenvalue weighted by atomic mass is 16.4. The summed E-state index contributed by atoms with van der Waals surface area (Å²) in [4.78, 5) is 22.7. The second-order valence-corrected chi connectivity index (χ2v) is 4.82. The number of nitrogens with zero attached hydrogens (tertiary/aromatic N) is 2. The van der Waals surface area contributed by atoms with Crippen LogP contribution in [-0.2, 0) is 18.3 Å². The Balaban J connectivity index is 2.09. The first-order valence-electron chi connectivity index (χ1n) is 6.58. The lowest BCUT2D eigenvalue weighted by atomic mass is 10.1. The zero-order valence-electron chi connectivity index (χ0n) is 12.0. The second kappa shape index (κ2) is 6.21. The molecule has 0 spiro atoms. The molecule has 21 heavy (non-hydrogen) atoms. The Bertz CT molecular complexity index is 677. The molecule has 2 N–H and O–H groups in total. The summed E-state index contributed by atoms with van der Waals surface area (Å²) in [5.74, 6) is -1.06. The summed E-state index contributed by atoms with van der Waals surface area (Å²) in [5.41, 5.74) is 2.83. The molecule has 6 nitrogen and oxygen atoms in total. The predicted octanol–water partition coefficient (Wildman–Crippen LogP) is 2.00. The van der Waals surface area contributed by atoms with Gasteiger partial charge in [-0.05, 0) is 31.0 Å². The minimum atomic E-state index is -0.838. The molecule has 0 saturated heterocycles. The maximum Gasteiger partial charge on any atom is 0.303 e. The van der Waals surface area contributed by atoms with Crippen molar-refractivity contribution in [2.75, 3.05) is 5.32 Å². The molecule has 0 atom stereocenters. The largest absolute Gasteiger partial charge is 0.481 e. The topological polar surface area (TPSA) is 84.2 Å². The average Bonchev–Trinajstić information content (AvgIpc) is 2.77. The van der Waals surface area contributed by atoms with Crippen LogP contribution in [0.15, 0.2) is 30.5 Å². The molecule has 0 fully saturated rings. The lowest BCUT2D eigenvalue weighted by molar-refractivity contribution is -0.136. The smallest absolute Gasteiger partial charge is 0.303 e. The van der Waals surface area contributed by atoms with Gasteiger partial charge in [0.05, 0.1) is 11.8 Å². The van der Waals surface area contributed by atoms with Crippen LogP contribution in [-0.4, -0.2) is 26.8 Å². The first-order valence-corrected chi connectivity index (χ1v) is 6.58. The van der Waals surface area contributed by atoms with Crippen molar-refractivity contribution < 1.29 is 14.7 Å². The molecule has 2 aromatic rings. The van der Waals surface area contributed by atoms with Gasteiger partial charge in [-0.2, -0.15) is 5.10 Å². The van der Waals surface area contributed by atoms with E-state index in [-0.39, 0.29) is 12.3 Å². The van der Waals surface area contributed by atoms with Crippen molar-refractivity contribution in [2.45, 2.75) is 19.8 Å². The van der Waals surface area contributed by atoms with E-state index in [9.17, 15) is 9.59 Å². The molecule has 1 heterocycles. The standard InChI is InChI=1S/C15H17N3O3/c1-10-13(9-16-18(10)2)15(21)17-12-5-3-4-11(8-12)6-7-14(19)20/h3-5,8-9H,6-7H2,1-2H3,(H,17,21)(H,19,20). The van der Waals surface area contributed by atoms with E-state index >= 15 is 0 Å². The van der Waals surface area contributed by atoms with Gasteiger partial charge in [0.25, 0.3) is 5.91 Å². The van der Waals surface area contributed by atoms with Crippen LogP contribution in [0.1, 0.15) is 28.0 Å². The molecule has 2 rings (SSSR count). The molecular weight excluding hydrogens is 270 g/mol. The zero-order valence-corrected chi connectivity index (χ0v) is 12.0. The number of carboxylic acid groups (broad SMARTS) is 1. The van der Waals surface area contributed by atoms with Crippen molar-refractivity contribution in [1.82, 2.24) is 9.78 Å². The predicted molar refractivity (Wildman–Crippen MR) is 78.3 cm³/mol. The van der Waals surface area contributed by atoms with E-state index in [0.717, 1.165) is 11.3 Å². The fraction of sp³-hybridized carbons (Fsp3) is 0.267. The summed E-state index contributed by atoms with van der Waals surface area (Å²) in [6, 6.07) is 7.19. The first-order chi connectivity index (χ1) is 9.97. The minimum absolute atomic E-state index is 0.0686. The minimum Gasteiger partial charge on any atom is -0.481 e. The molecule has 0 radical (unpaired) electrons. The first kappa shape index (κ1) is 14.8. The Kier molecular flexibility index (Phi) is 4.37. The molecule has 0 aliphatic carbocycles. The number of carbonyl (C=O) groups excluding carboxylic acids is 1. The van der Waals surface area contributed by atoms with Crippen LogP contribution >= 0.6 is 0 Å². The number of aryl methyl sites for hydroxylation is 2. The molecule has 0 aliphatic rings. The van der Waals surface area contributed by atoms with E-state index in [1.807, 2.05) is 13.0 Å². The normalized spacial score (nSPS) is 10.4. The Morgan fingerprint density at radius 2 is 2.14 bits per heavy atom. The van der Waals surface area contributed by atoms with E-state index in [1.54, 1.807) is 29.9 Å². The van der Waals surface area contributed by atoms with Crippen molar-refractivity contribution in [1.29, 1.82) is 0 Å². The number of carbonyl (C=O) groups is 2. The van der Waals surface area contributed by atoms with Crippen LogP contribution in [0.5, 0.6) is 0 Å². The Morgan fingerprint density at radius 1 is 1.38 bits per heavy atom. The molecule has 0 unspecified atom stereocenters. The zero-order chi connectivity index (χ0) is 15.4. The number of carboxylic acids is 1. The van der Waals surface area contributed by atoms with Crippen molar-refractivity contribution in [3.63, 3.8) is 0 Å². The maximum absolute atomic E-state index is 12.2. The number of rotatable bonds is 5. The van der Waals surface area contributed by atoms with Crippen LogP contribution < -0.4 is 5.32 Å².